The monoisotopic (exact) mass is 937 g/mol. The van der Waals surface area contributed by atoms with Gasteiger partial charge in [0.2, 0.25) is 17.9 Å². The van der Waals surface area contributed by atoms with E-state index in [9.17, 15) is 29.1 Å². The summed E-state index contributed by atoms with van der Waals surface area (Å²) in [6, 6.07) is 4.36. The second-order valence-corrected chi connectivity index (χ2v) is 20.9. The SMILES string of the molecule is CCCCCC1(CCCCC)OC2C3CC4(C(=O)N5CCCC5C(=O)NC(CO)CCC(=O)OC(C)(C)C)C(ON(Cc5cccc(C=CC(=O)OC6C(=O)OCC6(C)C)c5)C4C(=O)O3)C2O1. The first kappa shape index (κ1) is 50.5. The third-order valence-corrected chi connectivity index (χ3v) is 13.9. The molecule has 0 aromatic heterocycles. The third-order valence-electron chi connectivity index (χ3n) is 13.9. The molecule has 370 valence electrons. The minimum Gasteiger partial charge on any atom is -0.462 e. The summed E-state index contributed by atoms with van der Waals surface area (Å²) < 4.78 is 36.3. The van der Waals surface area contributed by atoms with E-state index >= 15 is 4.79 Å². The van der Waals surface area contributed by atoms with Gasteiger partial charge in [0.25, 0.3) is 0 Å². The average molecular weight is 938 g/mol. The van der Waals surface area contributed by atoms with Gasteiger partial charge in [-0.15, -0.1) is 0 Å². The maximum absolute atomic E-state index is 15.7. The molecule has 9 unspecified atom stereocenters. The van der Waals surface area contributed by atoms with Crippen LogP contribution < -0.4 is 5.32 Å². The lowest BCUT2D eigenvalue weighted by molar-refractivity contribution is -0.225. The van der Waals surface area contributed by atoms with Gasteiger partial charge in [-0.05, 0) is 70.1 Å². The number of nitrogens with one attached hydrogen (secondary N) is 1. The van der Waals surface area contributed by atoms with E-state index in [2.05, 4.69) is 19.2 Å². The number of ether oxygens (including phenoxy) is 6. The van der Waals surface area contributed by atoms with Crippen molar-refractivity contribution < 1.29 is 67.1 Å². The van der Waals surface area contributed by atoms with Crippen LogP contribution in [0, 0.1) is 10.8 Å². The van der Waals surface area contributed by atoms with E-state index in [1.807, 2.05) is 12.1 Å². The largest absolute Gasteiger partial charge is 0.462 e. The fourth-order valence-corrected chi connectivity index (χ4v) is 10.6. The Morgan fingerprint density at radius 3 is 2.37 bits per heavy atom. The first-order valence-corrected chi connectivity index (χ1v) is 24.4. The van der Waals surface area contributed by atoms with Crippen LogP contribution in [0.5, 0.6) is 0 Å². The minimum atomic E-state index is -1.53. The number of likely N-dealkylation sites (tertiary alicyclic amines) is 1. The van der Waals surface area contributed by atoms with Crippen LogP contribution >= 0.6 is 0 Å². The van der Waals surface area contributed by atoms with Crippen molar-refractivity contribution in [3.63, 3.8) is 0 Å². The average Bonchev–Trinajstić information content (AvgIpc) is 4.05. The van der Waals surface area contributed by atoms with Crippen molar-refractivity contribution in [2.75, 3.05) is 19.8 Å². The topological polar surface area (TPSA) is 206 Å². The fourth-order valence-electron chi connectivity index (χ4n) is 10.6. The van der Waals surface area contributed by atoms with Crippen molar-refractivity contribution in [2.45, 2.75) is 199 Å². The summed E-state index contributed by atoms with van der Waals surface area (Å²) in [5, 5.41) is 14.6. The molecule has 1 saturated carbocycles. The molecule has 0 spiro atoms. The molecule has 0 radical (unpaired) electrons. The molecule has 6 fully saturated rings. The molecular weight excluding hydrogens is 867 g/mol. The van der Waals surface area contributed by atoms with Crippen molar-refractivity contribution in [1.29, 1.82) is 0 Å². The van der Waals surface area contributed by atoms with Crippen LogP contribution in [0.15, 0.2) is 30.3 Å². The highest BCUT2D eigenvalue weighted by Gasteiger charge is 2.77. The van der Waals surface area contributed by atoms with Gasteiger partial charge in [-0.25, -0.2) is 9.59 Å². The van der Waals surface area contributed by atoms with E-state index < -0.39 is 113 Å². The van der Waals surface area contributed by atoms with Crippen LogP contribution in [0.2, 0.25) is 0 Å². The number of carbonyl (C=O) groups is 6. The standard InChI is InChI=1S/C50H71N3O14/c1-8-10-12-23-49(24-13-11-9-2)65-38-35-27-50(46(60)52-25-15-18-34(52)43(57)51-33(29-54)20-22-37(56)64-47(3,4)5)40(44(58)62-35)53(67-41(50)39(38)66-49)28-32-17-14-16-31(26-32)19-21-36(55)63-42-45(59)61-30-48(42,6)7/h14,16-17,19,21,26,33-35,38-42,54H,8-13,15,18,20,22-25,27-30H2,1-7H3,(H,51,57). The zero-order chi connectivity index (χ0) is 48.3. The highest BCUT2D eigenvalue weighted by atomic mass is 16.8. The number of esters is 4. The van der Waals surface area contributed by atoms with Crippen molar-refractivity contribution >= 4 is 41.8 Å². The second-order valence-electron chi connectivity index (χ2n) is 20.9. The molecule has 5 aliphatic heterocycles. The van der Waals surface area contributed by atoms with Crippen LogP contribution in [0.3, 0.4) is 0 Å². The zero-order valence-corrected chi connectivity index (χ0v) is 40.3. The predicted octanol–water partition coefficient (Wildman–Crippen LogP) is 5.23. The Labute approximate surface area is 393 Å². The molecule has 17 heteroatoms. The normalized spacial score (nSPS) is 29.9. The van der Waals surface area contributed by atoms with Crippen LogP contribution in [0.25, 0.3) is 6.08 Å². The Morgan fingerprint density at radius 1 is 1.00 bits per heavy atom. The number of unbranched alkanes of at least 4 members (excludes halogenated alkanes) is 4. The molecule has 1 aliphatic carbocycles. The number of hydroxylamine groups is 2. The summed E-state index contributed by atoms with van der Waals surface area (Å²) >= 11 is 0. The number of aliphatic hydroxyl groups excluding tert-OH is 1. The molecule has 9 atom stereocenters. The lowest BCUT2D eigenvalue weighted by Gasteiger charge is -2.50. The molecule has 67 heavy (non-hydrogen) atoms. The Bertz CT molecular complexity index is 2020. The molecular formula is C50H71N3O14. The van der Waals surface area contributed by atoms with E-state index in [1.54, 1.807) is 57.7 Å². The summed E-state index contributed by atoms with van der Waals surface area (Å²) in [7, 11) is 0. The van der Waals surface area contributed by atoms with Gasteiger partial charge in [-0.2, -0.15) is 5.06 Å². The van der Waals surface area contributed by atoms with Crippen LogP contribution in [0.1, 0.15) is 143 Å². The smallest absolute Gasteiger partial charge is 0.348 e. The van der Waals surface area contributed by atoms with Gasteiger partial charge < -0.3 is 43.7 Å². The molecule has 5 heterocycles. The molecule has 2 bridgehead atoms. The Balaban J connectivity index is 1.16. The molecule has 7 rings (SSSR count). The van der Waals surface area contributed by atoms with Gasteiger partial charge in [-0.1, -0.05) is 77.6 Å². The number of hydrogen-bond acceptors (Lipinski definition) is 15. The van der Waals surface area contributed by atoms with Crippen LogP contribution in [-0.2, 0) is 68.6 Å². The first-order chi connectivity index (χ1) is 31.8. The number of rotatable bonds is 20. The zero-order valence-electron chi connectivity index (χ0n) is 40.3. The highest BCUT2D eigenvalue weighted by Crippen LogP contribution is 2.59. The molecule has 17 nitrogen and oxygen atoms in total. The van der Waals surface area contributed by atoms with E-state index in [0.717, 1.165) is 38.5 Å². The number of fused-ring (bicyclic) bond motifs is 4. The van der Waals surface area contributed by atoms with E-state index in [-0.39, 0.29) is 39.0 Å². The van der Waals surface area contributed by atoms with Crippen molar-refractivity contribution in [3.8, 4) is 0 Å². The molecule has 5 saturated heterocycles. The lowest BCUT2D eigenvalue weighted by atomic mass is 9.62. The quantitative estimate of drug-likeness (QED) is 0.0744. The molecule has 6 aliphatic rings. The predicted molar refractivity (Wildman–Crippen MR) is 241 cm³/mol. The molecule has 2 N–H and O–H groups in total. The number of cyclic esters (lactones) is 1. The number of nitrogens with zero attached hydrogens (tertiary/aromatic N) is 2. The van der Waals surface area contributed by atoms with Gasteiger partial charge in [-0.3, -0.25) is 24.0 Å². The molecule has 1 aromatic carbocycles. The maximum atomic E-state index is 15.7. The van der Waals surface area contributed by atoms with Gasteiger partial charge in [0.05, 0.1) is 19.2 Å². The van der Waals surface area contributed by atoms with Gasteiger partial charge in [0.1, 0.15) is 48.1 Å². The Kier molecular flexibility index (Phi) is 15.6. The lowest BCUT2D eigenvalue weighted by Crippen LogP contribution is -2.70. The maximum Gasteiger partial charge on any atom is 0.348 e. The summed E-state index contributed by atoms with van der Waals surface area (Å²) in [5.41, 5.74) is -1.55. The van der Waals surface area contributed by atoms with Gasteiger partial charge in [0, 0.05) is 43.7 Å². The van der Waals surface area contributed by atoms with Crippen molar-refractivity contribution in [1.82, 2.24) is 15.3 Å². The molecule has 2 amide bonds. The van der Waals surface area contributed by atoms with Crippen LogP contribution in [-0.4, -0.2) is 131 Å². The Morgan fingerprint density at radius 2 is 1.72 bits per heavy atom. The summed E-state index contributed by atoms with van der Waals surface area (Å²) in [4.78, 5) is 90.4. The fraction of sp³-hybridized carbons (Fsp3) is 0.720. The third kappa shape index (κ3) is 10.9. The second kappa shape index (κ2) is 20.7. The number of hydrogen-bond donors (Lipinski definition) is 2. The summed E-state index contributed by atoms with van der Waals surface area (Å²) in [6.45, 7) is 13.2. The van der Waals surface area contributed by atoms with Gasteiger partial charge >= 0.3 is 23.9 Å². The number of aliphatic hydroxyl groups is 1. The van der Waals surface area contributed by atoms with Crippen molar-refractivity contribution in [3.05, 3.63) is 41.5 Å². The van der Waals surface area contributed by atoms with Crippen LogP contribution in [0.4, 0.5) is 0 Å². The Hall–Kier alpha value is -4.42. The van der Waals surface area contributed by atoms with Crippen molar-refractivity contribution in [2.24, 2.45) is 10.8 Å². The summed E-state index contributed by atoms with van der Waals surface area (Å²) in [6.07, 6.45) is 6.53. The summed E-state index contributed by atoms with van der Waals surface area (Å²) in [5.74, 6) is -4.24. The van der Waals surface area contributed by atoms with E-state index in [1.165, 1.54) is 11.1 Å². The molecule has 1 aromatic rings. The highest BCUT2D eigenvalue weighted by molar-refractivity contribution is 5.97. The number of benzene rings is 1. The van der Waals surface area contributed by atoms with E-state index in [4.69, 9.17) is 33.3 Å². The van der Waals surface area contributed by atoms with E-state index in [0.29, 0.717) is 36.8 Å². The number of amides is 2. The van der Waals surface area contributed by atoms with Gasteiger partial charge in [0.15, 0.2) is 11.8 Å². The first-order valence-electron chi connectivity index (χ1n) is 24.4. The number of carbonyl (C=O) groups excluding carboxylic acids is 6. The minimum absolute atomic E-state index is 0.0229.